The molecule has 1 N–H and O–H groups in total. The minimum atomic E-state index is -0.175. The van der Waals surface area contributed by atoms with Crippen LogP contribution in [0.3, 0.4) is 0 Å². The molecule has 1 aliphatic rings. The van der Waals surface area contributed by atoms with Crippen LogP contribution >= 0.6 is 11.6 Å². The van der Waals surface area contributed by atoms with Crippen LogP contribution in [-0.4, -0.2) is 20.1 Å². The van der Waals surface area contributed by atoms with E-state index < -0.39 is 0 Å². The van der Waals surface area contributed by atoms with Gasteiger partial charge in [0.1, 0.15) is 11.5 Å². The van der Waals surface area contributed by atoms with E-state index >= 15 is 0 Å². The van der Waals surface area contributed by atoms with Gasteiger partial charge in [-0.3, -0.25) is 4.79 Å². The predicted octanol–water partition coefficient (Wildman–Crippen LogP) is 4.49. The summed E-state index contributed by atoms with van der Waals surface area (Å²) in [5.74, 6) is 0.802. The molecule has 24 heavy (non-hydrogen) atoms. The Morgan fingerprint density at radius 3 is 2.42 bits per heavy atom. The number of amides is 1. The summed E-state index contributed by atoms with van der Waals surface area (Å²) in [5.41, 5.74) is 3.80. The number of hydrogen-bond acceptors (Lipinski definition) is 3. The van der Waals surface area contributed by atoms with Gasteiger partial charge in [-0.15, -0.1) is 0 Å². The Hall–Kier alpha value is -2.20. The first kappa shape index (κ1) is 16.7. The summed E-state index contributed by atoms with van der Waals surface area (Å²) in [6.45, 7) is 0. The third kappa shape index (κ3) is 3.34. The van der Waals surface area contributed by atoms with Crippen LogP contribution in [0.15, 0.2) is 30.3 Å². The molecule has 126 valence electrons. The van der Waals surface area contributed by atoms with Gasteiger partial charge in [0, 0.05) is 17.7 Å². The second-order valence-electron chi connectivity index (χ2n) is 5.83. The number of benzene rings is 2. The first-order valence-electron chi connectivity index (χ1n) is 7.97. The maximum Gasteiger partial charge on any atom is 0.255 e. The van der Waals surface area contributed by atoms with Gasteiger partial charge in [0.25, 0.3) is 5.91 Å². The standard InChI is InChI=1S/C19H20ClNO3/c1-23-17-11-16(18(24-2)10-15(17)20)21-19(22)14-8-7-12-5-3-4-6-13(12)9-14/h7-11H,3-6H2,1-2H3,(H,21,22). The monoisotopic (exact) mass is 345 g/mol. The summed E-state index contributed by atoms with van der Waals surface area (Å²) in [6, 6.07) is 9.21. The number of carbonyl (C=O) groups is 1. The van der Waals surface area contributed by atoms with Crippen molar-refractivity contribution in [3.8, 4) is 11.5 Å². The van der Waals surface area contributed by atoms with Crippen LogP contribution in [-0.2, 0) is 12.8 Å². The number of ether oxygens (including phenoxy) is 2. The van der Waals surface area contributed by atoms with Crippen LogP contribution < -0.4 is 14.8 Å². The minimum absolute atomic E-state index is 0.175. The molecular formula is C19H20ClNO3. The molecule has 0 saturated carbocycles. The molecule has 2 aromatic rings. The molecule has 4 nitrogen and oxygen atoms in total. The van der Waals surface area contributed by atoms with Crippen molar-refractivity contribution in [2.75, 3.05) is 19.5 Å². The van der Waals surface area contributed by atoms with Crippen LogP contribution in [0.25, 0.3) is 0 Å². The van der Waals surface area contributed by atoms with Gasteiger partial charge in [0.2, 0.25) is 0 Å². The molecule has 0 radical (unpaired) electrons. The quantitative estimate of drug-likeness (QED) is 0.888. The van der Waals surface area contributed by atoms with Crippen molar-refractivity contribution in [2.45, 2.75) is 25.7 Å². The molecular weight excluding hydrogens is 326 g/mol. The highest BCUT2D eigenvalue weighted by Gasteiger charge is 2.16. The molecule has 5 heteroatoms. The molecule has 1 amide bonds. The average molecular weight is 346 g/mol. The van der Waals surface area contributed by atoms with Gasteiger partial charge < -0.3 is 14.8 Å². The fourth-order valence-electron chi connectivity index (χ4n) is 3.03. The summed E-state index contributed by atoms with van der Waals surface area (Å²) in [5, 5.41) is 3.32. The van der Waals surface area contributed by atoms with E-state index in [4.69, 9.17) is 21.1 Å². The van der Waals surface area contributed by atoms with E-state index in [1.807, 2.05) is 12.1 Å². The average Bonchev–Trinajstić information content (AvgIpc) is 2.62. The largest absolute Gasteiger partial charge is 0.495 e. The number of aryl methyl sites for hydroxylation is 2. The molecule has 3 rings (SSSR count). The third-order valence-electron chi connectivity index (χ3n) is 4.33. The van der Waals surface area contributed by atoms with E-state index in [0.29, 0.717) is 27.8 Å². The summed E-state index contributed by atoms with van der Waals surface area (Å²) in [7, 11) is 3.06. The lowest BCUT2D eigenvalue weighted by atomic mass is 9.90. The maximum atomic E-state index is 12.6. The first-order valence-corrected chi connectivity index (χ1v) is 8.35. The lowest BCUT2D eigenvalue weighted by Crippen LogP contribution is -2.14. The lowest BCUT2D eigenvalue weighted by molar-refractivity contribution is 0.102. The van der Waals surface area contributed by atoms with E-state index in [1.54, 1.807) is 12.1 Å². The van der Waals surface area contributed by atoms with E-state index in [-0.39, 0.29) is 5.91 Å². The van der Waals surface area contributed by atoms with Crippen LogP contribution in [0.5, 0.6) is 11.5 Å². The highest BCUT2D eigenvalue weighted by atomic mass is 35.5. The Labute approximate surface area is 146 Å². The number of fused-ring (bicyclic) bond motifs is 1. The number of anilines is 1. The Morgan fingerprint density at radius 1 is 1.00 bits per heavy atom. The molecule has 0 aliphatic heterocycles. The number of halogens is 1. The summed E-state index contributed by atoms with van der Waals surface area (Å²) in [4.78, 5) is 12.6. The Morgan fingerprint density at radius 2 is 1.71 bits per heavy atom. The number of hydrogen-bond donors (Lipinski definition) is 1. The van der Waals surface area contributed by atoms with E-state index in [2.05, 4.69) is 11.4 Å². The predicted molar refractivity (Wildman–Crippen MR) is 95.6 cm³/mol. The molecule has 0 bridgehead atoms. The molecule has 0 heterocycles. The van der Waals surface area contributed by atoms with Gasteiger partial charge in [0.05, 0.1) is 24.9 Å². The van der Waals surface area contributed by atoms with Crippen LogP contribution in [0, 0.1) is 0 Å². The highest BCUT2D eigenvalue weighted by molar-refractivity contribution is 6.32. The molecule has 0 atom stereocenters. The smallest absolute Gasteiger partial charge is 0.255 e. The maximum absolute atomic E-state index is 12.6. The normalized spacial score (nSPS) is 13.1. The zero-order valence-corrected chi connectivity index (χ0v) is 14.6. The number of rotatable bonds is 4. The van der Waals surface area contributed by atoms with Gasteiger partial charge in [-0.2, -0.15) is 0 Å². The van der Waals surface area contributed by atoms with Gasteiger partial charge in [0.15, 0.2) is 0 Å². The second kappa shape index (κ2) is 7.14. The van der Waals surface area contributed by atoms with Crippen LogP contribution in [0.1, 0.15) is 34.3 Å². The highest BCUT2D eigenvalue weighted by Crippen LogP contribution is 2.36. The van der Waals surface area contributed by atoms with Crippen molar-refractivity contribution in [1.29, 1.82) is 0 Å². The molecule has 0 fully saturated rings. The molecule has 0 saturated heterocycles. The van der Waals surface area contributed by atoms with Crippen LogP contribution in [0.2, 0.25) is 5.02 Å². The van der Waals surface area contributed by atoms with Gasteiger partial charge in [-0.25, -0.2) is 0 Å². The fourth-order valence-corrected chi connectivity index (χ4v) is 3.26. The van der Waals surface area contributed by atoms with E-state index in [1.165, 1.54) is 38.2 Å². The fraction of sp³-hybridized carbons (Fsp3) is 0.316. The molecule has 0 unspecified atom stereocenters. The van der Waals surface area contributed by atoms with Crippen molar-refractivity contribution in [2.24, 2.45) is 0 Å². The minimum Gasteiger partial charge on any atom is -0.495 e. The third-order valence-corrected chi connectivity index (χ3v) is 4.63. The van der Waals surface area contributed by atoms with Crippen molar-refractivity contribution in [3.63, 3.8) is 0 Å². The van der Waals surface area contributed by atoms with Gasteiger partial charge in [-0.1, -0.05) is 17.7 Å². The Bertz CT molecular complexity index is 773. The number of methoxy groups -OCH3 is 2. The molecule has 1 aliphatic carbocycles. The van der Waals surface area contributed by atoms with E-state index in [9.17, 15) is 4.79 Å². The lowest BCUT2D eigenvalue weighted by Gasteiger charge is -2.17. The summed E-state index contributed by atoms with van der Waals surface area (Å²) < 4.78 is 10.5. The van der Waals surface area contributed by atoms with Crippen molar-refractivity contribution in [1.82, 2.24) is 0 Å². The summed E-state index contributed by atoms with van der Waals surface area (Å²) in [6.07, 6.45) is 4.54. The van der Waals surface area contributed by atoms with Gasteiger partial charge >= 0.3 is 0 Å². The zero-order chi connectivity index (χ0) is 17.1. The van der Waals surface area contributed by atoms with Crippen molar-refractivity contribution >= 4 is 23.2 Å². The van der Waals surface area contributed by atoms with E-state index in [0.717, 1.165) is 12.8 Å². The molecule has 0 aromatic heterocycles. The van der Waals surface area contributed by atoms with Crippen LogP contribution in [0.4, 0.5) is 5.69 Å². The summed E-state index contributed by atoms with van der Waals surface area (Å²) >= 11 is 6.10. The second-order valence-corrected chi connectivity index (χ2v) is 6.24. The van der Waals surface area contributed by atoms with Crippen molar-refractivity contribution in [3.05, 3.63) is 52.0 Å². The number of nitrogens with one attached hydrogen (secondary N) is 1. The van der Waals surface area contributed by atoms with Crippen molar-refractivity contribution < 1.29 is 14.3 Å². The Kier molecular flexibility index (Phi) is 4.95. The SMILES string of the molecule is COc1cc(NC(=O)c2ccc3c(c2)CCCC3)c(OC)cc1Cl. The molecule has 0 spiro atoms. The number of carbonyl (C=O) groups excluding carboxylic acids is 1. The zero-order valence-electron chi connectivity index (χ0n) is 13.8. The first-order chi connectivity index (χ1) is 11.6. The Balaban J connectivity index is 1.87. The molecule has 2 aromatic carbocycles. The van der Waals surface area contributed by atoms with Gasteiger partial charge in [-0.05, 0) is 48.9 Å². The topological polar surface area (TPSA) is 47.6 Å².